The van der Waals surface area contributed by atoms with Crippen molar-refractivity contribution in [1.82, 2.24) is 20.1 Å². The Balaban J connectivity index is 1.34. The monoisotopic (exact) mass is 380 g/mol. The summed E-state index contributed by atoms with van der Waals surface area (Å²) >= 11 is 1.73. The van der Waals surface area contributed by atoms with Gasteiger partial charge in [-0.15, -0.1) is 11.8 Å². The zero-order valence-corrected chi connectivity index (χ0v) is 16.0. The van der Waals surface area contributed by atoms with Crippen molar-refractivity contribution in [3.63, 3.8) is 0 Å². The zero-order chi connectivity index (χ0) is 18.0. The number of hydrogen-bond donors (Lipinski definition) is 1. The molecule has 0 aromatic carbocycles. The number of carbonyl (C=O) groups excluding carboxylic acids is 1. The number of aromatic nitrogens is 1. The molecule has 0 radical (unpaired) electrons. The first-order valence-corrected chi connectivity index (χ1v) is 10.3. The van der Waals surface area contributed by atoms with Gasteiger partial charge >= 0.3 is 0 Å². The highest BCUT2D eigenvalue weighted by molar-refractivity contribution is 7.99. The van der Waals surface area contributed by atoms with E-state index in [2.05, 4.69) is 20.1 Å². The Morgan fingerprint density at radius 2 is 1.69 bits per heavy atom. The van der Waals surface area contributed by atoms with Crippen LogP contribution in [0.3, 0.4) is 0 Å². The van der Waals surface area contributed by atoms with Crippen LogP contribution in [-0.4, -0.2) is 98.7 Å². The number of nitrogens with zero attached hydrogens (tertiary/aromatic N) is 3. The van der Waals surface area contributed by atoms with E-state index in [1.54, 1.807) is 18.0 Å². The number of ether oxygens (including phenoxy) is 2. The fraction of sp³-hybridized carbons (Fsp3) is 0.667. The Labute approximate surface area is 159 Å². The SMILES string of the molecule is O=C(NCCN1CCOCC1)c1ccc(SCCN2CCOCC2)nc1. The Morgan fingerprint density at radius 3 is 2.31 bits per heavy atom. The highest BCUT2D eigenvalue weighted by Crippen LogP contribution is 2.15. The minimum Gasteiger partial charge on any atom is -0.379 e. The normalized spacial score (nSPS) is 19.4. The average molecular weight is 381 g/mol. The minimum atomic E-state index is -0.0596. The van der Waals surface area contributed by atoms with Gasteiger partial charge in [-0.2, -0.15) is 0 Å². The van der Waals surface area contributed by atoms with E-state index in [1.807, 2.05) is 12.1 Å². The molecule has 2 aliphatic heterocycles. The fourth-order valence-corrected chi connectivity index (χ4v) is 3.81. The first kappa shape index (κ1) is 19.6. The molecule has 0 aliphatic carbocycles. The van der Waals surface area contributed by atoms with Crippen LogP contribution in [0.2, 0.25) is 0 Å². The van der Waals surface area contributed by atoms with Gasteiger partial charge in [0, 0.05) is 57.8 Å². The Bertz CT molecular complexity index is 546. The van der Waals surface area contributed by atoms with E-state index in [0.717, 1.165) is 76.5 Å². The highest BCUT2D eigenvalue weighted by Gasteiger charge is 2.12. The molecule has 1 aromatic heterocycles. The Morgan fingerprint density at radius 1 is 1.04 bits per heavy atom. The highest BCUT2D eigenvalue weighted by atomic mass is 32.2. The van der Waals surface area contributed by atoms with Crippen molar-refractivity contribution in [2.75, 3.05) is 78.0 Å². The van der Waals surface area contributed by atoms with Crippen LogP contribution in [0.15, 0.2) is 23.4 Å². The molecule has 0 saturated carbocycles. The number of nitrogens with one attached hydrogen (secondary N) is 1. The van der Waals surface area contributed by atoms with Gasteiger partial charge in [0.2, 0.25) is 0 Å². The number of amides is 1. The molecular formula is C18H28N4O3S. The third-order valence-corrected chi connectivity index (χ3v) is 5.50. The van der Waals surface area contributed by atoms with E-state index >= 15 is 0 Å². The van der Waals surface area contributed by atoms with Crippen molar-refractivity contribution in [1.29, 1.82) is 0 Å². The van der Waals surface area contributed by atoms with Crippen LogP contribution >= 0.6 is 11.8 Å². The van der Waals surface area contributed by atoms with Gasteiger partial charge in [0.1, 0.15) is 0 Å². The van der Waals surface area contributed by atoms with Crippen LogP contribution in [0.5, 0.6) is 0 Å². The summed E-state index contributed by atoms with van der Waals surface area (Å²) in [7, 11) is 0. The lowest BCUT2D eigenvalue weighted by molar-refractivity contribution is 0.0383. The second-order valence-electron chi connectivity index (χ2n) is 6.40. The lowest BCUT2D eigenvalue weighted by Gasteiger charge is -2.26. The first-order valence-electron chi connectivity index (χ1n) is 9.28. The summed E-state index contributed by atoms with van der Waals surface area (Å²) in [4.78, 5) is 21.3. The van der Waals surface area contributed by atoms with E-state index < -0.39 is 0 Å². The number of carbonyl (C=O) groups is 1. The molecule has 1 N–H and O–H groups in total. The molecule has 0 unspecified atom stereocenters. The van der Waals surface area contributed by atoms with Gasteiger partial charge in [0.05, 0.1) is 37.0 Å². The zero-order valence-electron chi connectivity index (χ0n) is 15.2. The number of hydrogen-bond acceptors (Lipinski definition) is 7. The molecule has 0 atom stereocenters. The largest absolute Gasteiger partial charge is 0.379 e. The van der Waals surface area contributed by atoms with E-state index in [9.17, 15) is 4.79 Å². The molecule has 3 rings (SSSR count). The maximum atomic E-state index is 12.2. The van der Waals surface area contributed by atoms with Crippen LogP contribution in [0.1, 0.15) is 10.4 Å². The number of thioether (sulfide) groups is 1. The topological polar surface area (TPSA) is 66.9 Å². The molecular weight excluding hydrogens is 352 g/mol. The van der Waals surface area contributed by atoms with Gasteiger partial charge in [-0.3, -0.25) is 14.6 Å². The standard InChI is InChI=1S/C18H28N4O3S/c23-18(19-3-4-21-5-10-24-11-6-21)16-1-2-17(20-15-16)26-14-9-22-7-12-25-13-8-22/h1-2,15H,3-14H2,(H,19,23). The van der Waals surface area contributed by atoms with Gasteiger partial charge in [0.15, 0.2) is 0 Å². The third-order valence-electron chi connectivity index (χ3n) is 4.58. The van der Waals surface area contributed by atoms with Crippen LogP contribution in [0.25, 0.3) is 0 Å². The molecule has 0 spiro atoms. The van der Waals surface area contributed by atoms with Crippen LogP contribution < -0.4 is 5.32 Å². The molecule has 3 heterocycles. The Hall–Kier alpha value is -1.19. The molecule has 2 fully saturated rings. The van der Waals surface area contributed by atoms with Gasteiger partial charge in [0.25, 0.3) is 5.91 Å². The lowest BCUT2D eigenvalue weighted by Crippen LogP contribution is -2.41. The predicted octanol–water partition coefficient (Wildman–Crippen LogP) is 0.568. The van der Waals surface area contributed by atoms with Gasteiger partial charge in [-0.25, -0.2) is 4.98 Å². The summed E-state index contributed by atoms with van der Waals surface area (Å²) < 4.78 is 10.7. The summed E-state index contributed by atoms with van der Waals surface area (Å²) in [6, 6.07) is 3.79. The van der Waals surface area contributed by atoms with Crippen LogP contribution in [0, 0.1) is 0 Å². The van der Waals surface area contributed by atoms with Crippen molar-refractivity contribution in [3.8, 4) is 0 Å². The summed E-state index contributed by atoms with van der Waals surface area (Å²) in [5, 5.41) is 3.93. The molecule has 144 valence electrons. The molecule has 26 heavy (non-hydrogen) atoms. The Kier molecular flexibility index (Phi) is 8.16. The van der Waals surface area contributed by atoms with Gasteiger partial charge < -0.3 is 14.8 Å². The van der Waals surface area contributed by atoms with Crippen molar-refractivity contribution in [2.24, 2.45) is 0 Å². The summed E-state index contributed by atoms with van der Waals surface area (Å²) in [5.74, 6) is 0.939. The van der Waals surface area contributed by atoms with Crippen molar-refractivity contribution >= 4 is 17.7 Å². The molecule has 7 nitrogen and oxygen atoms in total. The maximum absolute atomic E-state index is 12.2. The summed E-state index contributed by atoms with van der Waals surface area (Å²) in [5.41, 5.74) is 0.615. The van der Waals surface area contributed by atoms with Crippen LogP contribution in [0.4, 0.5) is 0 Å². The van der Waals surface area contributed by atoms with E-state index in [1.165, 1.54) is 0 Å². The molecule has 1 amide bonds. The fourth-order valence-electron chi connectivity index (χ4n) is 2.96. The van der Waals surface area contributed by atoms with E-state index in [0.29, 0.717) is 12.1 Å². The van der Waals surface area contributed by atoms with Gasteiger partial charge in [-0.1, -0.05) is 0 Å². The predicted molar refractivity (Wildman–Crippen MR) is 102 cm³/mol. The second kappa shape index (κ2) is 10.8. The number of pyridine rings is 1. The van der Waals surface area contributed by atoms with Crippen molar-refractivity contribution < 1.29 is 14.3 Å². The smallest absolute Gasteiger partial charge is 0.252 e. The molecule has 0 bridgehead atoms. The molecule has 8 heteroatoms. The first-order chi connectivity index (χ1) is 12.8. The number of rotatable bonds is 8. The van der Waals surface area contributed by atoms with E-state index in [4.69, 9.17) is 9.47 Å². The van der Waals surface area contributed by atoms with E-state index in [-0.39, 0.29) is 5.91 Å². The molecule has 2 aliphatic rings. The van der Waals surface area contributed by atoms with Crippen molar-refractivity contribution in [2.45, 2.75) is 5.03 Å². The number of morpholine rings is 2. The summed E-state index contributed by atoms with van der Waals surface area (Å²) in [6.45, 7) is 9.67. The summed E-state index contributed by atoms with van der Waals surface area (Å²) in [6.07, 6.45) is 1.67. The lowest BCUT2D eigenvalue weighted by atomic mass is 10.2. The maximum Gasteiger partial charge on any atom is 0.252 e. The average Bonchev–Trinajstić information content (AvgIpc) is 2.70. The van der Waals surface area contributed by atoms with Crippen LogP contribution in [-0.2, 0) is 9.47 Å². The third kappa shape index (κ3) is 6.51. The quantitative estimate of drug-likeness (QED) is 0.661. The minimum absolute atomic E-state index is 0.0596. The molecule has 2 saturated heterocycles. The second-order valence-corrected chi connectivity index (χ2v) is 7.51. The van der Waals surface area contributed by atoms with Crippen molar-refractivity contribution in [3.05, 3.63) is 23.9 Å². The molecule has 1 aromatic rings. The van der Waals surface area contributed by atoms with Gasteiger partial charge in [-0.05, 0) is 12.1 Å².